The van der Waals surface area contributed by atoms with Crippen molar-refractivity contribution in [1.29, 1.82) is 0 Å². The topological polar surface area (TPSA) is 38.9 Å². The van der Waals surface area contributed by atoms with Crippen LogP contribution in [0.3, 0.4) is 0 Å². The zero-order chi connectivity index (χ0) is 10.1. The summed E-state index contributed by atoms with van der Waals surface area (Å²) in [6.07, 6.45) is 0. The number of nitrogens with two attached hydrogens (primary N) is 1. The van der Waals surface area contributed by atoms with Crippen LogP contribution in [0, 0.1) is 6.92 Å². The number of nitrogens with zero attached hydrogens (tertiary/aromatic N) is 1. The Balaban J connectivity index is 3.10. The van der Waals surface area contributed by atoms with Crippen molar-refractivity contribution >= 4 is 11.9 Å². The molecule has 0 aliphatic carbocycles. The first-order valence-corrected chi connectivity index (χ1v) is 4.56. The van der Waals surface area contributed by atoms with Gasteiger partial charge >= 0.3 is 0 Å². The zero-order valence-corrected chi connectivity index (χ0v) is 8.16. The fraction of sp³-hybridized carbons (Fsp3) is 0.375. The molecule has 2 nitrogen and oxygen atoms in total. The molecule has 0 atom stereocenters. The second-order valence-electron chi connectivity index (χ2n) is 2.79. The van der Waals surface area contributed by atoms with E-state index in [1.807, 2.05) is 0 Å². The van der Waals surface area contributed by atoms with Crippen molar-refractivity contribution in [2.75, 3.05) is 0 Å². The summed E-state index contributed by atoms with van der Waals surface area (Å²) in [6.45, 7) is 2.48. The molecule has 1 rings (SSSR count). The van der Waals surface area contributed by atoms with Crippen LogP contribution >= 0.6 is 11.9 Å². The molecule has 0 amide bonds. The Morgan fingerprint density at radius 3 is 2.46 bits per heavy atom. The standard InChI is InChI=1S/C8H10F2N2S/c1-5-6(13-11)3-4-7(12-5)8(2,9)10/h3-4H,11H2,1-2H3. The number of halogens is 2. The minimum absolute atomic E-state index is 0.220. The quantitative estimate of drug-likeness (QED) is 0.752. The Morgan fingerprint density at radius 1 is 1.46 bits per heavy atom. The number of rotatable bonds is 2. The van der Waals surface area contributed by atoms with Gasteiger partial charge in [-0.3, -0.25) is 10.1 Å². The maximum Gasteiger partial charge on any atom is 0.286 e. The average Bonchev–Trinajstić information content (AvgIpc) is 2.02. The molecule has 0 bridgehead atoms. The predicted octanol–water partition coefficient (Wildman–Crippen LogP) is 2.47. The number of aromatic nitrogens is 1. The molecule has 1 aromatic rings. The van der Waals surface area contributed by atoms with E-state index in [1.165, 1.54) is 6.07 Å². The Kier molecular flexibility index (Phi) is 2.87. The third kappa shape index (κ3) is 2.38. The van der Waals surface area contributed by atoms with Crippen molar-refractivity contribution in [1.82, 2.24) is 4.98 Å². The molecule has 0 saturated carbocycles. The molecule has 5 heteroatoms. The highest BCUT2D eigenvalue weighted by atomic mass is 32.2. The van der Waals surface area contributed by atoms with Gasteiger partial charge in [0.1, 0.15) is 5.69 Å². The number of hydrogen-bond acceptors (Lipinski definition) is 3. The summed E-state index contributed by atoms with van der Waals surface area (Å²) in [4.78, 5) is 4.48. The van der Waals surface area contributed by atoms with Crippen LogP contribution in [0.2, 0.25) is 0 Å². The first-order chi connectivity index (χ1) is 5.95. The lowest BCUT2D eigenvalue weighted by Crippen LogP contribution is -2.10. The lowest BCUT2D eigenvalue weighted by atomic mass is 10.2. The predicted molar refractivity (Wildman–Crippen MR) is 48.6 cm³/mol. The lowest BCUT2D eigenvalue weighted by Gasteiger charge is -2.11. The Bertz CT molecular complexity index is 310. The molecule has 0 spiro atoms. The first-order valence-electron chi connectivity index (χ1n) is 3.68. The SMILES string of the molecule is Cc1nc(C(C)(F)F)ccc1SN. The van der Waals surface area contributed by atoms with E-state index in [9.17, 15) is 8.78 Å². The molecule has 2 N–H and O–H groups in total. The van der Waals surface area contributed by atoms with Gasteiger partial charge in [0.05, 0.1) is 5.69 Å². The summed E-state index contributed by atoms with van der Waals surface area (Å²) in [7, 11) is 0. The van der Waals surface area contributed by atoms with Gasteiger partial charge in [0, 0.05) is 11.8 Å². The Labute approximate surface area is 79.7 Å². The first kappa shape index (κ1) is 10.4. The Morgan fingerprint density at radius 2 is 2.08 bits per heavy atom. The number of pyridine rings is 1. The van der Waals surface area contributed by atoms with E-state index in [1.54, 1.807) is 13.0 Å². The van der Waals surface area contributed by atoms with Crippen LogP contribution in [-0.2, 0) is 5.92 Å². The van der Waals surface area contributed by atoms with Gasteiger partial charge in [-0.2, -0.15) is 8.78 Å². The fourth-order valence-electron chi connectivity index (χ4n) is 0.917. The monoisotopic (exact) mass is 204 g/mol. The fourth-order valence-corrected chi connectivity index (χ4v) is 1.28. The summed E-state index contributed by atoms with van der Waals surface area (Å²) in [6, 6.07) is 2.85. The molecule has 0 saturated heterocycles. The van der Waals surface area contributed by atoms with E-state index in [4.69, 9.17) is 5.14 Å². The number of alkyl halides is 2. The normalized spacial score (nSPS) is 11.8. The average molecular weight is 204 g/mol. The highest BCUT2D eigenvalue weighted by Gasteiger charge is 2.26. The summed E-state index contributed by atoms with van der Waals surface area (Å²) in [5.74, 6) is -2.89. The summed E-state index contributed by atoms with van der Waals surface area (Å²) in [5, 5.41) is 5.30. The van der Waals surface area contributed by atoms with Gasteiger partial charge < -0.3 is 0 Å². The van der Waals surface area contributed by atoms with Gasteiger partial charge in [-0.05, 0) is 31.0 Å². The minimum atomic E-state index is -2.89. The van der Waals surface area contributed by atoms with Gasteiger partial charge in [0.25, 0.3) is 5.92 Å². The van der Waals surface area contributed by atoms with E-state index < -0.39 is 5.92 Å². The van der Waals surface area contributed by atoms with Crippen LogP contribution in [0.5, 0.6) is 0 Å². The van der Waals surface area contributed by atoms with Crippen LogP contribution in [0.25, 0.3) is 0 Å². The van der Waals surface area contributed by atoms with Crippen LogP contribution in [-0.4, -0.2) is 4.98 Å². The summed E-state index contributed by atoms with van der Waals surface area (Å²) < 4.78 is 25.5. The van der Waals surface area contributed by atoms with E-state index in [0.29, 0.717) is 10.6 Å². The number of hydrogen-bond donors (Lipinski definition) is 1. The van der Waals surface area contributed by atoms with Crippen LogP contribution in [0.15, 0.2) is 17.0 Å². The largest absolute Gasteiger partial charge is 0.286 e. The van der Waals surface area contributed by atoms with Gasteiger partial charge in [-0.1, -0.05) is 0 Å². The second kappa shape index (κ2) is 3.59. The molecule has 0 fully saturated rings. The minimum Gasteiger partial charge on any atom is -0.274 e. The highest BCUT2D eigenvalue weighted by molar-refractivity contribution is 7.97. The molecule has 72 valence electrons. The van der Waals surface area contributed by atoms with Crippen molar-refractivity contribution in [3.05, 3.63) is 23.5 Å². The summed E-state index contributed by atoms with van der Waals surface area (Å²) >= 11 is 1.01. The smallest absolute Gasteiger partial charge is 0.274 e. The Hall–Kier alpha value is -0.680. The van der Waals surface area contributed by atoms with E-state index in [-0.39, 0.29) is 5.69 Å². The molecule has 0 aromatic carbocycles. The van der Waals surface area contributed by atoms with Crippen LogP contribution in [0.4, 0.5) is 8.78 Å². The van der Waals surface area contributed by atoms with Gasteiger partial charge in [0.15, 0.2) is 0 Å². The molecule has 1 heterocycles. The number of aryl methyl sites for hydroxylation is 1. The maximum absolute atomic E-state index is 12.8. The molecule has 0 aliphatic heterocycles. The molecular weight excluding hydrogens is 194 g/mol. The lowest BCUT2D eigenvalue weighted by molar-refractivity contribution is 0.0125. The van der Waals surface area contributed by atoms with Crippen LogP contribution < -0.4 is 5.14 Å². The van der Waals surface area contributed by atoms with Crippen LogP contribution in [0.1, 0.15) is 18.3 Å². The van der Waals surface area contributed by atoms with Gasteiger partial charge in [-0.15, -0.1) is 0 Å². The molecule has 0 unspecified atom stereocenters. The van der Waals surface area contributed by atoms with E-state index >= 15 is 0 Å². The third-order valence-electron chi connectivity index (χ3n) is 1.61. The third-order valence-corrected chi connectivity index (χ3v) is 2.30. The highest BCUT2D eigenvalue weighted by Crippen LogP contribution is 2.27. The molecular formula is C8H10F2N2S. The van der Waals surface area contributed by atoms with Crippen molar-refractivity contribution in [2.24, 2.45) is 5.14 Å². The van der Waals surface area contributed by atoms with E-state index in [2.05, 4.69) is 4.98 Å². The zero-order valence-electron chi connectivity index (χ0n) is 7.34. The second-order valence-corrected chi connectivity index (χ2v) is 3.46. The van der Waals surface area contributed by atoms with Crippen molar-refractivity contribution in [3.63, 3.8) is 0 Å². The van der Waals surface area contributed by atoms with Crippen molar-refractivity contribution in [3.8, 4) is 0 Å². The van der Waals surface area contributed by atoms with Gasteiger partial charge in [0.2, 0.25) is 0 Å². The maximum atomic E-state index is 12.8. The molecule has 0 radical (unpaired) electrons. The molecule has 13 heavy (non-hydrogen) atoms. The van der Waals surface area contributed by atoms with Gasteiger partial charge in [-0.25, -0.2) is 0 Å². The molecule has 0 aliphatic rings. The van der Waals surface area contributed by atoms with Crippen molar-refractivity contribution < 1.29 is 8.78 Å². The summed E-state index contributed by atoms with van der Waals surface area (Å²) in [5.41, 5.74) is 0.314. The van der Waals surface area contributed by atoms with E-state index in [0.717, 1.165) is 18.9 Å². The molecule has 1 aromatic heterocycles. The van der Waals surface area contributed by atoms with Crippen molar-refractivity contribution in [2.45, 2.75) is 24.7 Å².